The van der Waals surface area contributed by atoms with Crippen molar-refractivity contribution in [2.45, 2.75) is 45.0 Å². The fraction of sp³-hybridized carbons (Fsp3) is 0.310. The van der Waals surface area contributed by atoms with Crippen LogP contribution in [-0.2, 0) is 22.7 Å². The summed E-state index contributed by atoms with van der Waals surface area (Å²) in [5, 5.41) is 0. The van der Waals surface area contributed by atoms with Crippen molar-refractivity contribution in [3.63, 3.8) is 0 Å². The predicted octanol–water partition coefficient (Wildman–Crippen LogP) is 4.98. The fourth-order valence-electron chi connectivity index (χ4n) is 5.50. The number of fused-ring (bicyclic) bond motifs is 4. The van der Waals surface area contributed by atoms with Crippen LogP contribution in [0.1, 0.15) is 42.9 Å². The van der Waals surface area contributed by atoms with E-state index in [9.17, 15) is 9.59 Å². The van der Waals surface area contributed by atoms with Gasteiger partial charge in [-0.3, -0.25) is 9.59 Å². The zero-order chi connectivity index (χ0) is 23.7. The van der Waals surface area contributed by atoms with Gasteiger partial charge in [-0.15, -0.1) is 0 Å². The molecule has 0 spiro atoms. The molecule has 2 aliphatic heterocycles. The topological polar surface area (TPSA) is 49.9 Å². The number of hydrogen-bond donors (Lipinski definition) is 0. The third-order valence-corrected chi connectivity index (χ3v) is 7.08. The van der Waals surface area contributed by atoms with Crippen LogP contribution >= 0.6 is 0 Å². The maximum Gasteiger partial charge on any atom is 0.238 e. The molecule has 3 atom stereocenters. The van der Waals surface area contributed by atoms with E-state index >= 15 is 0 Å². The molecule has 2 heterocycles. The van der Waals surface area contributed by atoms with Crippen LogP contribution in [0, 0.1) is 5.92 Å². The third kappa shape index (κ3) is 3.96. The van der Waals surface area contributed by atoms with Gasteiger partial charge in [-0.1, -0.05) is 78.9 Å². The van der Waals surface area contributed by atoms with Crippen molar-refractivity contribution in [1.82, 2.24) is 9.80 Å². The number of benzene rings is 3. The van der Waals surface area contributed by atoms with Gasteiger partial charge < -0.3 is 14.5 Å². The van der Waals surface area contributed by atoms with Gasteiger partial charge in [0.05, 0.1) is 0 Å². The summed E-state index contributed by atoms with van der Waals surface area (Å²) in [6.07, 6.45) is 0.602. The first-order valence-corrected chi connectivity index (χ1v) is 12.0. The number of carbonyl (C=O) groups excluding carboxylic acids is 2. The molecule has 5 nitrogen and oxygen atoms in total. The van der Waals surface area contributed by atoms with Crippen LogP contribution in [0.3, 0.4) is 0 Å². The number of para-hydroxylation sites is 1. The first-order chi connectivity index (χ1) is 16.5. The van der Waals surface area contributed by atoms with Crippen LogP contribution in [0.5, 0.6) is 5.75 Å². The van der Waals surface area contributed by atoms with Gasteiger partial charge >= 0.3 is 0 Å². The molecule has 1 saturated heterocycles. The highest BCUT2D eigenvalue weighted by atomic mass is 16.5. The molecule has 0 N–H and O–H groups in total. The van der Waals surface area contributed by atoms with Crippen LogP contribution in [0.4, 0.5) is 0 Å². The maximum atomic E-state index is 14.2. The van der Waals surface area contributed by atoms with E-state index in [4.69, 9.17) is 4.74 Å². The molecule has 0 saturated carbocycles. The molecule has 0 aromatic heterocycles. The Morgan fingerprint density at radius 2 is 1.50 bits per heavy atom. The Hall–Kier alpha value is -3.60. The van der Waals surface area contributed by atoms with Gasteiger partial charge in [-0.25, -0.2) is 0 Å². The quantitative estimate of drug-likeness (QED) is 0.494. The van der Waals surface area contributed by atoms with Crippen molar-refractivity contribution in [3.8, 4) is 5.75 Å². The molecule has 174 valence electrons. The number of ether oxygens (including phenoxy) is 1. The molecular formula is C29H30N2O3. The van der Waals surface area contributed by atoms with E-state index in [1.165, 1.54) is 0 Å². The molecule has 2 bridgehead atoms. The highest BCUT2D eigenvalue weighted by molar-refractivity contribution is 6.02. The Morgan fingerprint density at radius 1 is 0.941 bits per heavy atom. The van der Waals surface area contributed by atoms with Gasteiger partial charge in [0.15, 0.2) is 5.72 Å². The highest BCUT2D eigenvalue weighted by Gasteiger charge is 2.56. The summed E-state index contributed by atoms with van der Waals surface area (Å²) in [5.41, 5.74) is 2.28. The van der Waals surface area contributed by atoms with Crippen LogP contribution < -0.4 is 4.74 Å². The van der Waals surface area contributed by atoms with Gasteiger partial charge in [0.2, 0.25) is 11.8 Å². The monoisotopic (exact) mass is 454 g/mol. The highest BCUT2D eigenvalue weighted by Crippen LogP contribution is 2.50. The molecule has 0 radical (unpaired) electrons. The fourth-order valence-corrected chi connectivity index (χ4v) is 5.50. The van der Waals surface area contributed by atoms with E-state index in [0.717, 1.165) is 22.4 Å². The zero-order valence-corrected chi connectivity index (χ0v) is 19.7. The number of piperidine rings is 1. The Bertz CT molecular complexity index is 1140. The predicted molar refractivity (Wildman–Crippen MR) is 131 cm³/mol. The summed E-state index contributed by atoms with van der Waals surface area (Å²) in [6.45, 7) is 5.30. The summed E-state index contributed by atoms with van der Waals surface area (Å²) in [6, 6.07) is 27.8. The Labute approximate surface area is 201 Å². The molecule has 2 amide bonds. The van der Waals surface area contributed by atoms with E-state index in [-0.39, 0.29) is 17.7 Å². The standard InChI is InChI=1S/C29H30N2O3/c1-3-31-28(33)26(24-18-29(31,2)34-25-17-11-10-16-23(24)25)27(32)30(19-21-12-6-4-7-13-21)20-22-14-8-5-9-15-22/h4-17,24,26H,3,18-20H2,1-2H3/t24-,26+,29+/m0/s1. The Balaban J connectivity index is 1.54. The van der Waals surface area contributed by atoms with Gasteiger partial charge in [0, 0.05) is 32.0 Å². The molecule has 0 aliphatic carbocycles. The second-order valence-corrected chi connectivity index (χ2v) is 9.35. The summed E-state index contributed by atoms with van der Waals surface area (Å²) in [5.74, 6) is -0.494. The molecule has 2 aliphatic rings. The smallest absolute Gasteiger partial charge is 0.238 e. The number of likely N-dealkylation sites (tertiary alicyclic amines) is 1. The Morgan fingerprint density at radius 3 is 2.09 bits per heavy atom. The van der Waals surface area contributed by atoms with Gasteiger partial charge in [-0.2, -0.15) is 0 Å². The minimum Gasteiger partial charge on any atom is -0.468 e. The lowest BCUT2D eigenvalue weighted by Crippen LogP contribution is -2.64. The van der Waals surface area contributed by atoms with E-state index in [0.29, 0.717) is 26.1 Å². The largest absolute Gasteiger partial charge is 0.468 e. The molecule has 3 aromatic rings. The van der Waals surface area contributed by atoms with Crippen molar-refractivity contribution < 1.29 is 14.3 Å². The number of carbonyl (C=O) groups is 2. The minimum atomic E-state index is -0.773. The maximum absolute atomic E-state index is 14.2. The van der Waals surface area contributed by atoms with Gasteiger partial charge in [0.1, 0.15) is 11.7 Å². The van der Waals surface area contributed by atoms with Crippen LogP contribution in [0.2, 0.25) is 0 Å². The molecule has 0 unspecified atom stereocenters. The second kappa shape index (κ2) is 8.98. The lowest BCUT2D eigenvalue weighted by Gasteiger charge is -2.53. The lowest BCUT2D eigenvalue weighted by molar-refractivity contribution is -0.178. The number of nitrogens with zero attached hydrogens (tertiary/aromatic N) is 2. The number of amides is 2. The van der Waals surface area contributed by atoms with Crippen LogP contribution in [0.25, 0.3) is 0 Å². The Kier molecular flexibility index (Phi) is 5.86. The van der Waals surface area contributed by atoms with E-state index in [1.54, 1.807) is 4.90 Å². The van der Waals surface area contributed by atoms with Crippen molar-refractivity contribution in [3.05, 3.63) is 102 Å². The van der Waals surface area contributed by atoms with Crippen LogP contribution in [0.15, 0.2) is 84.9 Å². The lowest BCUT2D eigenvalue weighted by atomic mass is 9.73. The molecule has 5 heteroatoms. The van der Waals surface area contributed by atoms with Crippen molar-refractivity contribution >= 4 is 11.8 Å². The average molecular weight is 455 g/mol. The van der Waals surface area contributed by atoms with Crippen molar-refractivity contribution in [1.29, 1.82) is 0 Å². The first kappa shape index (κ1) is 22.2. The minimum absolute atomic E-state index is 0.125. The SMILES string of the molecule is CCN1C(=O)[C@@H](C(=O)N(Cc2ccccc2)Cc2ccccc2)[C@H]2C[C@@]1(C)Oc1ccccc12. The summed E-state index contributed by atoms with van der Waals surface area (Å²) >= 11 is 0. The molecule has 1 fully saturated rings. The van der Waals surface area contributed by atoms with Crippen molar-refractivity contribution in [2.24, 2.45) is 5.92 Å². The normalized spacial score (nSPS) is 23.1. The molecule has 5 rings (SSSR count). The van der Waals surface area contributed by atoms with Crippen molar-refractivity contribution in [2.75, 3.05) is 6.54 Å². The first-order valence-electron chi connectivity index (χ1n) is 12.0. The van der Waals surface area contributed by atoms with Gasteiger partial charge in [0.25, 0.3) is 0 Å². The molecular weight excluding hydrogens is 424 g/mol. The van der Waals surface area contributed by atoms with E-state index in [2.05, 4.69) is 0 Å². The summed E-state index contributed by atoms with van der Waals surface area (Å²) in [4.78, 5) is 31.6. The zero-order valence-electron chi connectivity index (χ0n) is 19.7. The number of hydrogen-bond acceptors (Lipinski definition) is 3. The number of rotatable bonds is 6. The van der Waals surface area contributed by atoms with E-state index in [1.807, 2.05) is 104 Å². The summed E-state index contributed by atoms with van der Waals surface area (Å²) < 4.78 is 6.32. The third-order valence-electron chi connectivity index (χ3n) is 7.08. The van der Waals surface area contributed by atoms with Crippen LogP contribution in [-0.4, -0.2) is 33.9 Å². The van der Waals surface area contributed by atoms with E-state index < -0.39 is 11.6 Å². The second-order valence-electron chi connectivity index (χ2n) is 9.35. The summed E-state index contributed by atoms with van der Waals surface area (Å²) in [7, 11) is 0. The molecule has 34 heavy (non-hydrogen) atoms. The average Bonchev–Trinajstić information content (AvgIpc) is 2.84. The molecule has 3 aromatic carbocycles. The van der Waals surface area contributed by atoms with Gasteiger partial charge in [-0.05, 0) is 36.6 Å².